The highest BCUT2D eigenvalue weighted by Crippen LogP contribution is 2.25. The number of benzene rings is 2. The SMILES string of the molecule is COc1ccc(S(=O)(=O)N(Cc2ccccc2N)C(O)CC(=O)O)cc1. The number of para-hydroxylation sites is 1. The predicted molar refractivity (Wildman–Crippen MR) is 94.8 cm³/mol. The van der Waals surface area contributed by atoms with E-state index in [0.717, 1.165) is 0 Å². The van der Waals surface area contributed by atoms with Crippen LogP contribution in [0.15, 0.2) is 53.4 Å². The van der Waals surface area contributed by atoms with E-state index in [0.29, 0.717) is 21.3 Å². The quantitative estimate of drug-likeness (QED) is 0.464. The minimum Gasteiger partial charge on any atom is -0.497 e. The van der Waals surface area contributed by atoms with Crippen molar-refractivity contribution in [2.75, 3.05) is 12.8 Å². The largest absolute Gasteiger partial charge is 0.497 e. The molecule has 2 aromatic carbocycles. The summed E-state index contributed by atoms with van der Waals surface area (Å²) in [5.74, 6) is -0.859. The number of aliphatic hydroxyl groups is 1. The molecule has 0 amide bonds. The van der Waals surface area contributed by atoms with Crippen LogP contribution in [0.1, 0.15) is 12.0 Å². The number of anilines is 1. The normalized spacial score (nSPS) is 12.7. The van der Waals surface area contributed by atoms with E-state index in [1.165, 1.54) is 31.4 Å². The van der Waals surface area contributed by atoms with Crippen molar-refractivity contribution in [1.82, 2.24) is 4.31 Å². The zero-order valence-corrected chi connectivity index (χ0v) is 14.9. The van der Waals surface area contributed by atoms with Crippen LogP contribution in [0, 0.1) is 0 Å². The van der Waals surface area contributed by atoms with E-state index >= 15 is 0 Å². The molecule has 0 aliphatic heterocycles. The Kier molecular flexibility index (Phi) is 6.19. The number of carboxylic acids is 1. The highest BCUT2D eigenvalue weighted by atomic mass is 32.2. The van der Waals surface area contributed by atoms with E-state index in [1.807, 2.05) is 0 Å². The topological polar surface area (TPSA) is 130 Å². The molecule has 2 rings (SSSR count). The van der Waals surface area contributed by atoms with Gasteiger partial charge in [-0.1, -0.05) is 18.2 Å². The number of nitrogens with two attached hydrogens (primary N) is 1. The van der Waals surface area contributed by atoms with Crippen molar-refractivity contribution >= 4 is 21.7 Å². The Morgan fingerprint density at radius 1 is 1.19 bits per heavy atom. The lowest BCUT2D eigenvalue weighted by Crippen LogP contribution is -2.41. The van der Waals surface area contributed by atoms with Gasteiger partial charge in [-0.3, -0.25) is 4.79 Å². The fourth-order valence-electron chi connectivity index (χ4n) is 2.34. The monoisotopic (exact) mass is 380 g/mol. The van der Waals surface area contributed by atoms with Crippen LogP contribution in [-0.2, 0) is 21.4 Å². The van der Waals surface area contributed by atoms with Gasteiger partial charge in [-0.25, -0.2) is 8.42 Å². The number of nitrogens with zero attached hydrogens (tertiary/aromatic N) is 1. The van der Waals surface area contributed by atoms with Crippen LogP contribution in [0.25, 0.3) is 0 Å². The minimum atomic E-state index is -4.18. The molecule has 1 atom stereocenters. The molecule has 0 fully saturated rings. The van der Waals surface area contributed by atoms with Gasteiger partial charge in [0.25, 0.3) is 0 Å². The lowest BCUT2D eigenvalue weighted by atomic mass is 10.2. The fourth-order valence-corrected chi connectivity index (χ4v) is 3.79. The first kappa shape index (κ1) is 19.7. The molecule has 9 heteroatoms. The number of rotatable bonds is 8. The number of hydrogen-bond acceptors (Lipinski definition) is 6. The number of sulfonamides is 1. The first-order chi connectivity index (χ1) is 12.3. The number of hydrogen-bond donors (Lipinski definition) is 3. The molecule has 0 saturated carbocycles. The van der Waals surface area contributed by atoms with Crippen molar-refractivity contribution in [3.8, 4) is 5.75 Å². The second-order valence-corrected chi connectivity index (χ2v) is 7.39. The van der Waals surface area contributed by atoms with E-state index in [2.05, 4.69) is 0 Å². The number of carboxylic acid groups (broad SMARTS) is 1. The van der Waals surface area contributed by atoms with E-state index in [4.69, 9.17) is 15.6 Å². The maximum Gasteiger partial charge on any atom is 0.307 e. The van der Waals surface area contributed by atoms with Crippen LogP contribution < -0.4 is 10.5 Å². The van der Waals surface area contributed by atoms with Gasteiger partial charge < -0.3 is 20.7 Å². The highest BCUT2D eigenvalue weighted by Gasteiger charge is 2.32. The average molecular weight is 380 g/mol. The lowest BCUT2D eigenvalue weighted by molar-refractivity contribution is -0.141. The molecule has 0 bridgehead atoms. The molecule has 26 heavy (non-hydrogen) atoms. The van der Waals surface area contributed by atoms with Gasteiger partial charge in [0.15, 0.2) is 0 Å². The number of aliphatic hydroxyl groups excluding tert-OH is 1. The number of aliphatic carboxylic acids is 1. The van der Waals surface area contributed by atoms with E-state index < -0.39 is 28.6 Å². The molecular weight excluding hydrogens is 360 g/mol. The molecule has 1 unspecified atom stereocenters. The van der Waals surface area contributed by atoms with Gasteiger partial charge in [0.05, 0.1) is 18.4 Å². The van der Waals surface area contributed by atoms with Gasteiger partial charge in [-0.15, -0.1) is 0 Å². The second-order valence-electron chi connectivity index (χ2n) is 5.50. The summed E-state index contributed by atoms with van der Waals surface area (Å²) in [7, 11) is -2.73. The molecule has 140 valence electrons. The van der Waals surface area contributed by atoms with E-state index in [1.54, 1.807) is 24.3 Å². The van der Waals surface area contributed by atoms with Crippen molar-refractivity contribution in [2.45, 2.75) is 24.1 Å². The van der Waals surface area contributed by atoms with Gasteiger partial charge in [-0.05, 0) is 35.9 Å². The van der Waals surface area contributed by atoms with Gasteiger partial charge in [0.1, 0.15) is 12.0 Å². The Hall–Kier alpha value is -2.62. The van der Waals surface area contributed by atoms with Gasteiger partial charge in [0, 0.05) is 12.2 Å². The second kappa shape index (κ2) is 8.17. The summed E-state index contributed by atoms with van der Waals surface area (Å²) in [6.07, 6.45) is -2.51. The number of methoxy groups -OCH3 is 1. The van der Waals surface area contributed by atoms with Crippen LogP contribution in [-0.4, -0.2) is 42.2 Å². The molecule has 0 aromatic heterocycles. The number of ether oxygens (including phenoxy) is 1. The summed E-state index contributed by atoms with van der Waals surface area (Å²) in [6, 6.07) is 12.1. The van der Waals surface area contributed by atoms with Crippen LogP contribution in [0.4, 0.5) is 5.69 Å². The number of nitrogen functional groups attached to an aromatic ring is 1. The molecule has 0 spiro atoms. The molecule has 8 nitrogen and oxygen atoms in total. The molecule has 0 aliphatic carbocycles. The molecule has 2 aromatic rings. The highest BCUT2D eigenvalue weighted by molar-refractivity contribution is 7.89. The van der Waals surface area contributed by atoms with Crippen LogP contribution in [0.5, 0.6) is 5.75 Å². The van der Waals surface area contributed by atoms with Gasteiger partial charge in [-0.2, -0.15) is 4.31 Å². The average Bonchev–Trinajstić information content (AvgIpc) is 2.60. The Morgan fingerprint density at radius 2 is 1.81 bits per heavy atom. The summed E-state index contributed by atoms with van der Waals surface area (Å²) in [4.78, 5) is 10.9. The molecule has 0 saturated heterocycles. The first-order valence-electron chi connectivity index (χ1n) is 7.65. The van der Waals surface area contributed by atoms with Gasteiger partial charge in [0.2, 0.25) is 10.0 Å². The van der Waals surface area contributed by atoms with Crippen LogP contribution >= 0.6 is 0 Å². The first-order valence-corrected chi connectivity index (χ1v) is 9.09. The maximum absolute atomic E-state index is 13.0. The Morgan fingerprint density at radius 3 is 2.35 bits per heavy atom. The standard InChI is InChI=1S/C17H20N2O6S/c1-25-13-6-8-14(9-7-13)26(23,24)19(16(20)10-17(21)22)11-12-4-2-3-5-15(12)18/h2-9,16,20H,10-11,18H2,1H3,(H,21,22). The van der Waals surface area contributed by atoms with Crippen molar-refractivity contribution in [3.05, 3.63) is 54.1 Å². The van der Waals surface area contributed by atoms with E-state index in [9.17, 15) is 18.3 Å². The Bertz CT molecular complexity index is 867. The smallest absolute Gasteiger partial charge is 0.307 e. The third-order valence-corrected chi connectivity index (χ3v) is 5.59. The third kappa shape index (κ3) is 4.51. The summed E-state index contributed by atoms with van der Waals surface area (Å²) >= 11 is 0. The minimum absolute atomic E-state index is 0.0998. The number of carbonyl (C=O) groups is 1. The summed E-state index contributed by atoms with van der Waals surface area (Å²) in [5.41, 5.74) is 6.64. The molecular formula is C17H20N2O6S. The summed E-state index contributed by atoms with van der Waals surface area (Å²) < 4.78 is 31.6. The summed E-state index contributed by atoms with van der Waals surface area (Å²) in [5, 5.41) is 19.2. The Labute approximate surface area is 151 Å². The third-order valence-electron chi connectivity index (χ3n) is 3.74. The van der Waals surface area contributed by atoms with Gasteiger partial charge >= 0.3 is 5.97 Å². The van der Waals surface area contributed by atoms with Crippen molar-refractivity contribution in [1.29, 1.82) is 0 Å². The molecule has 0 heterocycles. The lowest BCUT2D eigenvalue weighted by Gasteiger charge is -2.27. The van der Waals surface area contributed by atoms with Crippen molar-refractivity contribution in [3.63, 3.8) is 0 Å². The molecule has 0 radical (unpaired) electrons. The maximum atomic E-state index is 13.0. The zero-order valence-electron chi connectivity index (χ0n) is 14.1. The van der Waals surface area contributed by atoms with Crippen LogP contribution in [0.3, 0.4) is 0 Å². The fraction of sp³-hybridized carbons (Fsp3) is 0.235. The molecule has 4 N–H and O–H groups in total. The molecule has 0 aliphatic rings. The van der Waals surface area contributed by atoms with E-state index in [-0.39, 0.29) is 11.4 Å². The Balaban J connectivity index is 2.43. The van der Waals surface area contributed by atoms with Crippen molar-refractivity contribution in [2.24, 2.45) is 0 Å². The predicted octanol–water partition coefficient (Wildman–Crippen LogP) is 1.26. The van der Waals surface area contributed by atoms with Crippen molar-refractivity contribution < 1.29 is 28.2 Å². The zero-order chi connectivity index (χ0) is 19.3. The van der Waals surface area contributed by atoms with Crippen LogP contribution in [0.2, 0.25) is 0 Å². The summed E-state index contributed by atoms with van der Waals surface area (Å²) in [6.45, 7) is -0.268.